The van der Waals surface area contributed by atoms with Crippen molar-refractivity contribution < 1.29 is 4.74 Å². The van der Waals surface area contributed by atoms with Crippen LogP contribution in [0.1, 0.15) is 11.1 Å². The zero-order valence-corrected chi connectivity index (χ0v) is 15.6. The second-order valence-electron chi connectivity index (χ2n) is 5.13. The Morgan fingerprint density at radius 1 is 1.04 bits per heavy atom. The van der Waals surface area contributed by atoms with Crippen molar-refractivity contribution in [2.75, 3.05) is 0 Å². The van der Waals surface area contributed by atoms with Crippen LogP contribution in [0.5, 0.6) is 5.75 Å². The Bertz CT molecular complexity index is 712. The molecule has 128 valence electrons. The Kier molecular flexibility index (Phi) is 6.31. The first kappa shape index (κ1) is 17.9. The summed E-state index contributed by atoms with van der Waals surface area (Å²) in [6, 6.07) is 11.3. The van der Waals surface area contributed by atoms with E-state index in [-0.39, 0.29) is 6.29 Å². The summed E-state index contributed by atoms with van der Waals surface area (Å²) in [7, 11) is 0. The van der Waals surface area contributed by atoms with Gasteiger partial charge in [0.15, 0.2) is 0 Å². The van der Waals surface area contributed by atoms with E-state index >= 15 is 0 Å². The molecule has 2 aromatic carbocycles. The van der Waals surface area contributed by atoms with Gasteiger partial charge < -0.3 is 4.74 Å². The quantitative estimate of drug-likeness (QED) is 0.483. The molecule has 1 aliphatic rings. The van der Waals surface area contributed by atoms with Crippen LogP contribution in [0.25, 0.3) is 0 Å². The molecule has 1 fully saturated rings. The van der Waals surface area contributed by atoms with E-state index in [0.29, 0.717) is 23.2 Å². The molecule has 6 nitrogen and oxygen atoms in total. The summed E-state index contributed by atoms with van der Waals surface area (Å²) in [5.41, 5.74) is 13.3. The third-order valence-electron chi connectivity index (χ3n) is 3.41. The SMILES string of the molecule is Clc1ccc(COc2ccc(Br)cc2CNC2NNNN2)c(Cl)c1. The van der Waals surface area contributed by atoms with Crippen LogP contribution in [0.3, 0.4) is 0 Å². The second-order valence-corrected chi connectivity index (χ2v) is 6.89. The zero-order chi connectivity index (χ0) is 16.9. The van der Waals surface area contributed by atoms with Gasteiger partial charge in [-0.1, -0.05) is 45.2 Å². The van der Waals surface area contributed by atoms with E-state index < -0.39 is 0 Å². The van der Waals surface area contributed by atoms with Gasteiger partial charge in [-0.25, -0.2) is 10.9 Å². The normalized spacial score (nSPS) is 15.0. The van der Waals surface area contributed by atoms with Gasteiger partial charge in [-0.2, -0.15) is 11.1 Å². The summed E-state index contributed by atoms with van der Waals surface area (Å²) >= 11 is 15.6. The van der Waals surface area contributed by atoms with Gasteiger partial charge in [0, 0.05) is 32.2 Å². The summed E-state index contributed by atoms with van der Waals surface area (Å²) in [5, 5.41) is 4.49. The summed E-state index contributed by atoms with van der Waals surface area (Å²) in [6.07, 6.45) is -0.0949. The molecule has 1 aliphatic heterocycles. The lowest BCUT2D eigenvalue weighted by molar-refractivity contribution is 0.300. The smallest absolute Gasteiger partial charge is 0.139 e. The molecule has 0 aliphatic carbocycles. The largest absolute Gasteiger partial charge is 0.489 e. The minimum absolute atomic E-state index is 0.0949. The fraction of sp³-hybridized carbons (Fsp3) is 0.200. The summed E-state index contributed by atoms with van der Waals surface area (Å²) < 4.78 is 6.94. The number of hydrogen-bond acceptors (Lipinski definition) is 6. The van der Waals surface area contributed by atoms with Crippen LogP contribution in [-0.2, 0) is 13.2 Å². The minimum atomic E-state index is -0.0949. The molecule has 0 amide bonds. The highest BCUT2D eigenvalue weighted by atomic mass is 79.9. The van der Waals surface area contributed by atoms with E-state index in [1.807, 2.05) is 24.3 Å². The lowest BCUT2D eigenvalue weighted by Gasteiger charge is -2.16. The number of rotatable bonds is 6. The third kappa shape index (κ3) is 4.81. The molecule has 0 aromatic heterocycles. The van der Waals surface area contributed by atoms with E-state index in [9.17, 15) is 0 Å². The van der Waals surface area contributed by atoms with Gasteiger partial charge in [-0.3, -0.25) is 5.32 Å². The van der Waals surface area contributed by atoms with Crippen molar-refractivity contribution in [3.05, 3.63) is 62.0 Å². The maximum absolute atomic E-state index is 6.19. The van der Waals surface area contributed by atoms with Crippen molar-refractivity contribution in [3.8, 4) is 5.75 Å². The van der Waals surface area contributed by atoms with E-state index in [0.717, 1.165) is 21.3 Å². The van der Waals surface area contributed by atoms with Crippen LogP contribution in [0.2, 0.25) is 10.0 Å². The monoisotopic (exact) mass is 431 g/mol. The number of hydrazine groups is 3. The zero-order valence-electron chi connectivity index (χ0n) is 12.5. The summed E-state index contributed by atoms with van der Waals surface area (Å²) in [6.45, 7) is 0.977. The molecule has 0 unspecified atom stereocenters. The molecule has 1 heterocycles. The van der Waals surface area contributed by atoms with E-state index in [2.05, 4.69) is 43.2 Å². The highest BCUT2D eigenvalue weighted by molar-refractivity contribution is 9.10. The fourth-order valence-electron chi connectivity index (χ4n) is 2.19. The Morgan fingerprint density at radius 2 is 1.83 bits per heavy atom. The molecule has 5 N–H and O–H groups in total. The Labute approximate surface area is 158 Å². The van der Waals surface area contributed by atoms with Crippen LogP contribution >= 0.6 is 39.1 Å². The van der Waals surface area contributed by atoms with Crippen molar-refractivity contribution >= 4 is 39.1 Å². The Morgan fingerprint density at radius 3 is 2.58 bits per heavy atom. The van der Waals surface area contributed by atoms with Crippen molar-refractivity contribution in [3.63, 3.8) is 0 Å². The maximum atomic E-state index is 6.19. The van der Waals surface area contributed by atoms with Crippen LogP contribution in [0.4, 0.5) is 0 Å². The highest BCUT2D eigenvalue weighted by Crippen LogP contribution is 2.26. The molecule has 0 radical (unpaired) electrons. The van der Waals surface area contributed by atoms with Gasteiger partial charge in [0.1, 0.15) is 18.6 Å². The van der Waals surface area contributed by atoms with Crippen LogP contribution in [0.15, 0.2) is 40.9 Å². The predicted octanol–water partition coefficient (Wildman–Crippen LogP) is 2.83. The van der Waals surface area contributed by atoms with Gasteiger partial charge >= 0.3 is 0 Å². The number of ether oxygens (including phenoxy) is 1. The number of benzene rings is 2. The second kappa shape index (κ2) is 8.46. The topological polar surface area (TPSA) is 69.4 Å². The first-order chi connectivity index (χ1) is 11.6. The van der Waals surface area contributed by atoms with Gasteiger partial charge in [-0.05, 0) is 30.3 Å². The highest BCUT2D eigenvalue weighted by Gasteiger charge is 2.13. The van der Waals surface area contributed by atoms with Gasteiger partial charge in [-0.15, -0.1) is 0 Å². The number of halogens is 3. The molecule has 0 saturated carbocycles. The molecule has 1 saturated heterocycles. The molecular weight excluding hydrogens is 417 g/mol. The van der Waals surface area contributed by atoms with Gasteiger partial charge in [0.05, 0.1) is 0 Å². The van der Waals surface area contributed by atoms with Crippen molar-refractivity contribution in [1.82, 2.24) is 27.2 Å². The van der Waals surface area contributed by atoms with Crippen LogP contribution in [0, 0.1) is 0 Å². The molecular formula is C15H16BrCl2N5O. The lowest BCUT2D eigenvalue weighted by atomic mass is 10.2. The Balaban J connectivity index is 1.67. The minimum Gasteiger partial charge on any atom is -0.489 e. The summed E-state index contributed by atoms with van der Waals surface area (Å²) in [5.74, 6) is 0.788. The van der Waals surface area contributed by atoms with E-state index in [4.69, 9.17) is 27.9 Å². The van der Waals surface area contributed by atoms with E-state index in [1.54, 1.807) is 12.1 Å². The summed E-state index contributed by atoms with van der Waals surface area (Å²) in [4.78, 5) is 0. The van der Waals surface area contributed by atoms with Crippen molar-refractivity contribution in [1.29, 1.82) is 0 Å². The number of nitrogens with one attached hydrogen (secondary N) is 5. The Hall–Kier alpha value is -0.900. The third-order valence-corrected chi connectivity index (χ3v) is 4.49. The molecule has 24 heavy (non-hydrogen) atoms. The standard InChI is InChI=1S/C15H16BrCl2N5O/c16-11-2-4-14(10(5-11)7-19-15-20-22-23-21-15)24-8-9-1-3-12(17)6-13(9)18/h1-6,15,19-23H,7-8H2. The lowest BCUT2D eigenvalue weighted by Crippen LogP contribution is -2.46. The van der Waals surface area contributed by atoms with Crippen LogP contribution < -0.4 is 32.0 Å². The van der Waals surface area contributed by atoms with Crippen molar-refractivity contribution in [2.24, 2.45) is 0 Å². The van der Waals surface area contributed by atoms with E-state index in [1.165, 1.54) is 0 Å². The predicted molar refractivity (Wildman–Crippen MR) is 98.1 cm³/mol. The van der Waals surface area contributed by atoms with Crippen LogP contribution in [-0.4, -0.2) is 6.29 Å². The molecule has 0 bridgehead atoms. The van der Waals surface area contributed by atoms with Gasteiger partial charge in [0.25, 0.3) is 0 Å². The average Bonchev–Trinajstić information content (AvgIpc) is 3.07. The molecule has 3 rings (SSSR count). The van der Waals surface area contributed by atoms with Gasteiger partial charge in [0.2, 0.25) is 0 Å². The molecule has 0 spiro atoms. The molecule has 0 atom stereocenters. The fourth-order valence-corrected chi connectivity index (χ4v) is 3.06. The first-order valence-corrected chi connectivity index (χ1v) is 8.76. The molecule has 2 aromatic rings. The van der Waals surface area contributed by atoms with Crippen molar-refractivity contribution in [2.45, 2.75) is 19.4 Å². The molecule has 9 heteroatoms. The maximum Gasteiger partial charge on any atom is 0.139 e. The number of hydrogen-bond donors (Lipinski definition) is 5. The first-order valence-electron chi connectivity index (χ1n) is 7.21. The average molecular weight is 433 g/mol.